The summed E-state index contributed by atoms with van der Waals surface area (Å²) in [5.41, 5.74) is 2.59. The molecule has 0 aromatic heterocycles. The minimum Gasteiger partial charge on any atom is -0.483 e. The molecule has 1 aliphatic rings. The number of hydrogen-bond donors (Lipinski definition) is 0. The average molecular weight is 516 g/mol. The third-order valence-corrected chi connectivity index (χ3v) is 5.79. The number of hydrogen-bond acceptors (Lipinski definition) is 4. The molecule has 3 aromatic rings. The zero-order valence-corrected chi connectivity index (χ0v) is 19.0. The van der Waals surface area contributed by atoms with Crippen molar-refractivity contribution < 1.29 is 18.7 Å². The number of hydrazone groups is 1. The highest BCUT2D eigenvalue weighted by molar-refractivity contribution is 9.10. The molecule has 1 unspecified atom stereocenters. The number of aldehydes is 1. The molecule has 1 aliphatic heterocycles. The Morgan fingerprint density at radius 1 is 1.16 bits per heavy atom. The molecule has 0 saturated carbocycles. The lowest BCUT2D eigenvalue weighted by molar-refractivity contribution is -0.135. The van der Waals surface area contributed by atoms with E-state index in [2.05, 4.69) is 21.0 Å². The summed E-state index contributed by atoms with van der Waals surface area (Å²) in [6.45, 7) is -0.299. The van der Waals surface area contributed by atoms with Crippen molar-refractivity contribution in [3.05, 3.63) is 98.7 Å². The third-order valence-electron chi connectivity index (χ3n) is 5.05. The van der Waals surface area contributed by atoms with E-state index in [4.69, 9.17) is 16.3 Å². The zero-order valence-electron chi connectivity index (χ0n) is 16.7. The third kappa shape index (κ3) is 4.89. The minimum atomic E-state index is -0.373. The number of rotatable bonds is 6. The van der Waals surface area contributed by atoms with Gasteiger partial charge in [-0.3, -0.25) is 9.59 Å². The molecule has 0 spiro atoms. The number of halogens is 3. The predicted molar refractivity (Wildman–Crippen MR) is 124 cm³/mol. The Labute approximate surface area is 197 Å². The molecule has 1 atom stereocenters. The van der Waals surface area contributed by atoms with Gasteiger partial charge < -0.3 is 4.74 Å². The first kappa shape index (κ1) is 22.2. The van der Waals surface area contributed by atoms with Gasteiger partial charge in [-0.05, 0) is 53.6 Å². The summed E-state index contributed by atoms with van der Waals surface area (Å²) >= 11 is 9.32. The quantitative estimate of drug-likeness (QED) is 0.389. The Kier molecular flexibility index (Phi) is 6.67. The Hall–Kier alpha value is -3.03. The first-order valence-corrected chi connectivity index (χ1v) is 10.9. The number of nitrogens with zero attached hydrogens (tertiary/aromatic N) is 2. The molecule has 5 nitrogen and oxygen atoms in total. The highest BCUT2D eigenvalue weighted by Crippen LogP contribution is 2.33. The molecule has 0 aliphatic carbocycles. The Balaban J connectivity index is 1.59. The molecule has 8 heteroatoms. The van der Waals surface area contributed by atoms with Crippen molar-refractivity contribution in [3.63, 3.8) is 0 Å². The van der Waals surface area contributed by atoms with Crippen LogP contribution in [0.25, 0.3) is 0 Å². The van der Waals surface area contributed by atoms with E-state index in [1.165, 1.54) is 17.1 Å². The molecular weight excluding hydrogens is 499 g/mol. The first-order chi connectivity index (χ1) is 15.4. The van der Waals surface area contributed by atoms with Crippen molar-refractivity contribution in [1.82, 2.24) is 5.01 Å². The number of carbonyl (C=O) groups is 2. The molecular formula is C24H17BrClFN2O3. The number of benzene rings is 3. The fraction of sp³-hybridized carbons (Fsp3) is 0.125. The van der Waals surface area contributed by atoms with Gasteiger partial charge in [-0.1, -0.05) is 51.8 Å². The van der Waals surface area contributed by atoms with E-state index in [0.29, 0.717) is 34.8 Å². The summed E-state index contributed by atoms with van der Waals surface area (Å²) in [6.07, 6.45) is 1.12. The van der Waals surface area contributed by atoms with E-state index >= 15 is 0 Å². The highest BCUT2D eigenvalue weighted by atomic mass is 79.9. The molecule has 0 bridgehead atoms. The van der Waals surface area contributed by atoms with Gasteiger partial charge in [0.05, 0.1) is 17.3 Å². The summed E-state index contributed by atoms with van der Waals surface area (Å²) in [7, 11) is 0. The van der Waals surface area contributed by atoms with E-state index in [9.17, 15) is 14.0 Å². The molecule has 162 valence electrons. The van der Waals surface area contributed by atoms with Crippen molar-refractivity contribution in [2.75, 3.05) is 6.61 Å². The van der Waals surface area contributed by atoms with Gasteiger partial charge in [-0.25, -0.2) is 9.40 Å². The van der Waals surface area contributed by atoms with Crippen LogP contribution in [0.4, 0.5) is 4.39 Å². The van der Waals surface area contributed by atoms with Gasteiger partial charge in [0.15, 0.2) is 12.9 Å². The van der Waals surface area contributed by atoms with Crippen LogP contribution in [0.2, 0.25) is 5.02 Å². The number of carbonyl (C=O) groups excluding carboxylic acids is 2. The van der Waals surface area contributed by atoms with E-state index in [-0.39, 0.29) is 24.4 Å². The van der Waals surface area contributed by atoms with Gasteiger partial charge >= 0.3 is 0 Å². The standard InChI is InChI=1S/C24H17BrClFN2O3/c25-18-5-10-23(17(11-18)13-30)32-14-24(31)29-22(16-1-6-19(26)7-2-16)12-21(28-29)15-3-8-20(27)9-4-15/h1-11,13,22H,12,14H2. The molecule has 0 fully saturated rings. The molecule has 0 saturated heterocycles. The molecule has 1 amide bonds. The maximum Gasteiger partial charge on any atom is 0.281 e. The largest absolute Gasteiger partial charge is 0.483 e. The average Bonchev–Trinajstić information content (AvgIpc) is 3.24. The van der Waals surface area contributed by atoms with Crippen LogP contribution < -0.4 is 4.74 Å². The second-order valence-corrected chi connectivity index (χ2v) is 8.50. The molecule has 0 radical (unpaired) electrons. The summed E-state index contributed by atoms with van der Waals surface area (Å²) in [6, 6.07) is 17.8. The van der Waals surface area contributed by atoms with Crippen molar-refractivity contribution in [2.45, 2.75) is 12.5 Å². The van der Waals surface area contributed by atoms with E-state index < -0.39 is 0 Å². The monoisotopic (exact) mass is 514 g/mol. The maximum absolute atomic E-state index is 13.3. The fourth-order valence-electron chi connectivity index (χ4n) is 3.45. The summed E-state index contributed by atoms with van der Waals surface area (Å²) in [5, 5.41) is 6.49. The second-order valence-electron chi connectivity index (χ2n) is 7.15. The van der Waals surface area contributed by atoms with E-state index in [0.717, 1.165) is 15.6 Å². The molecule has 32 heavy (non-hydrogen) atoms. The minimum absolute atomic E-state index is 0.299. The van der Waals surface area contributed by atoms with E-state index in [1.807, 2.05) is 12.1 Å². The van der Waals surface area contributed by atoms with Gasteiger partial charge in [-0.2, -0.15) is 5.10 Å². The van der Waals surface area contributed by atoms with Crippen molar-refractivity contribution in [1.29, 1.82) is 0 Å². The van der Waals surface area contributed by atoms with Crippen LogP contribution in [0.1, 0.15) is 33.9 Å². The van der Waals surface area contributed by atoms with E-state index in [1.54, 1.807) is 42.5 Å². The van der Waals surface area contributed by atoms with Gasteiger partial charge in [0.2, 0.25) is 0 Å². The van der Waals surface area contributed by atoms with Crippen molar-refractivity contribution in [2.24, 2.45) is 5.10 Å². The van der Waals surface area contributed by atoms with Gasteiger partial charge in [-0.15, -0.1) is 0 Å². The van der Waals surface area contributed by atoms with Crippen LogP contribution in [0.3, 0.4) is 0 Å². The smallest absolute Gasteiger partial charge is 0.281 e. The normalized spacial score (nSPS) is 15.4. The van der Waals surface area contributed by atoms with Gasteiger partial charge in [0, 0.05) is 15.9 Å². The van der Waals surface area contributed by atoms with Crippen LogP contribution >= 0.6 is 27.5 Å². The van der Waals surface area contributed by atoms with Crippen LogP contribution in [-0.2, 0) is 4.79 Å². The van der Waals surface area contributed by atoms with Crippen molar-refractivity contribution in [3.8, 4) is 5.75 Å². The summed E-state index contributed by atoms with van der Waals surface area (Å²) in [4.78, 5) is 24.4. The first-order valence-electron chi connectivity index (χ1n) is 9.73. The molecule has 1 heterocycles. The highest BCUT2D eigenvalue weighted by Gasteiger charge is 2.33. The lowest BCUT2D eigenvalue weighted by Gasteiger charge is -2.22. The van der Waals surface area contributed by atoms with Gasteiger partial charge in [0.25, 0.3) is 5.91 Å². The fourth-order valence-corrected chi connectivity index (χ4v) is 3.95. The molecule has 4 rings (SSSR count). The Bertz CT molecular complexity index is 1180. The van der Waals surface area contributed by atoms with Crippen LogP contribution in [0, 0.1) is 5.82 Å². The van der Waals surface area contributed by atoms with Crippen LogP contribution in [0.15, 0.2) is 76.3 Å². The topological polar surface area (TPSA) is 59.0 Å². The number of amides is 1. The summed E-state index contributed by atoms with van der Waals surface area (Å²) in [5.74, 6) is -0.410. The lowest BCUT2D eigenvalue weighted by atomic mass is 9.98. The number of ether oxygens (including phenoxy) is 1. The lowest BCUT2D eigenvalue weighted by Crippen LogP contribution is -2.31. The molecule has 3 aromatic carbocycles. The second kappa shape index (κ2) is 9.63. The zero-order chi connectivity index (χ0) is 22.7. The van der Waals surface area contributed by atoms with Crippen LogP contribution in [0.5, 0.6) is 5.75 Å². The summed E-state index contributed by atoms with van der Waals surface area (Å²) < 4.78 is 19.7. The predicted octanol–water partition coefficient (Wildman–Crippen LogP) is 5.81. The SMILES string of the molecule is O=Cc1cc(Br)ccc1OCC(=O)N1N=C(c2ccc(F)cc2)CC1c1ccc(Cl)cc1. The Morgan fingerprint density at radius 3 is 2.56 bits per heavy atom. The molecule has 0 N–H and O–H groups in total. The van der Waals surface area contributed by atoms with Crippen LogP contribution in [-0.4, -0.2) is 29.5 Å². The Morgan fingerprint density at radius 2 is 1.88 bits per heavy atom. The maximum atomic E-state index is 13.3. The van der Waals surface area contributed by atoms with Crippen molar-refractivity contribution >= 4 is 45.4 Å². The van der Waals surface area contributed by atoms with Gasteiger partial charge in [0.1, 0.15) is 11.6 Å².